The number of amides is 2. The molecule has 0 radical (unpaired) electrons. The molecule has 2 unspecified atom stereocenters. The highest BCUT2D eigenvalue weighted by molar-refractivity contribution is 5.88. The van der Waals surface area contributed by atoms with Gasteiger partial charge in [-0.15, -0.1) is 12.4 Å². The van der Waals surface area contributed by atoms with Crippen LogP contribution in [0.5, 0.6) is 0 Å². The molecule has 1 aromatic rings. The number of pyridine rings is 1. The quantitative estimate of drug-likeness (QED) is 0.850. The largest absolute Gasteiger partial charge is 0.344 e. The Morgan fingerprint density at radius 3 is 2.80 bits per heavy atom. The maximum Gasteiger partial charge on any atom is 0.245 e. The van der Waals surface area contributed by atoms with Crippen LogP contribution in [0.25, 0.3) is 0 Å². The lowest BCUT2D eigenvalue weighted by atomic mass is 10.0. The lowest BCUT2D eigenvalue weighted by molar-refractivity contribution is -0.139. The summed E-state index contributed by atoms with van der Waals surface area (Å²) in [7, 11) is 0. The van der Waals surface area contributed by atoms with Gasteiger partial charge < -0.3 is 15.5 Å². The van der Waals surface area contributed by atoms with Crippen LogP contribution in [-0.2, 0) is 9.59 Å². The predicted molar refractivity (Wildman–Crippen MR) is 98.4 cm³/mol. The lowest BCUT2D eigenvalue weighted by Gasteiger charge is -2.38. The third-order valence-corrected chi connectivity index (χ3v) is 5.05. The van der Waals surface area contributed by atoms with E-state index in [0.717, 1.165) is 37.8 Å². The molecule has 2 heterocycles. The number of piperazine rings is 1. The van der Waals surface area contributed by atoms with Gasteiger partial charge >= 0.3 is 0 Å². The van der Waals surface area contributed by atoms with Crippen molar-refractivity contribution >= 4 is 24.2 Å². The summed E-state index contributed by atoms with van der Waals surface area (Å²) in [5.74, 6) is 0.0931. The Morgan fingerprint density at radius 2 is 2.12 bits per heavy atom. The van der Waals surface area contributed by atoms with E-state index >= 15 is 0 Å². The molecule has 25 heavy (non-hydrogen) atoms. The highest BCUT2D eigenvalue weighted by Crippen LogP contribution is 2.25. The van der Waals surface area contributed by atoms with Gasteiger partial charge in [-0.3, -0.25) is 14.6 Å². The Balaban J connectivity index is 0.00000225. The molecule has 1 aromatic heterocycles. The van der Waals surface area contributed by atoms with E-state index in [9.17, 15) is 9.59 Å². The Labute approximate surface area is 155 Å². The van der Waals surface area contributed by atoms with Gasteiger partial charge in [-0.05, 0) is 31.4 Å². The van der Waals surface area contributed by atoms with E-state index in [4.69, 9.17) is 0 Å². The van der Waals surface area contributed by atoms with E-state index in [2.05, 4.69) is 15.6 Å². The fraction of sp³-hybridized carbons (Fsp3) is 0.611. The number of nitrogens with zero attached hydrogens (tertiary/aromatic N) is 2. The zero-order valence-electron chi connectivity index (χ0n) is 14.6. The zero-order chi connectivity index (χ0) is 16.9. The minimum atomic E-state index is -0.490. The minimum absolute atomic E-state index is 0. The van der Waals surface area contributed by atoms with Crippen LogP contribution < -0.4 is 10.6 Å². The molecule has 6 nitrogen and oxygen atoms in total. The number of hydrogen-bond donors (Lipinski definition) is 2. The summed E-state index contributed by atoms with van der Waals surface area (Å²) in [6.45, 7) is 3.91. The van der Waals surface area contributed by atoms with Crippen LogP contribution >= 0.6 is 12.4 Å². The van der Waals surface area contributed by atoms with Crippen LogP contribution in [-0.4, -0.2) is 47.4 Å². The van der Waals surface area contributed by atoms with E-state index in [1.54, 1.807) is 19.3 Å². The van der Waals surface area contributed by atoms with Gasteiger partial charge in [0.25, 0.3) is 0 Å². The molecule has 138 valence electrons. The SMILES string of the molecule is CC(NC(=O)C1CCCC1)C(=O)N1CCNCC1c1cccnc1.Cl. The Bertz CT molecular complexity index is 578. The van der Waals surface area contributed by atoms with Crippen molar-refractivity contribution < 1.29 is 9.59 Å². The van der Waals surface area contributed by atoms with Crippen molar-refractivity contribution in [1.82, 2.24) is 20.5 Å². The van der Waals surface area contributed by atoms with E-state index in [-0.39, 0.29) is 36.2 Å². The molecule has 1 saturated heterocycles. The molecule has 0 aromatic carbocycles. The van der Waals surface area contributed by atoms with Crippen LogP contribution in [0, 0.1) is 5.92 Å². The number of rotatable bonds is 4. The van der Waals surface area contributed by atoms with Gasteiger partial charge in [0.05, 0.1) is 6.04 Å². The van der Waals surface area contributed by atoms with Gasteiger partial charge in [-0.1, -0.05) is 18.9 Å². The van der Waals surface area contributed by atoms with Crippen molar-refractivity contribution in [3.05, 3.63) is 30.1 Å². The van der Waals surface area contributed by atoms with Crippen molar-refractivity contribution in [1.29, 1.82) is 0 Å². The monoisotopic (exact) mass is 366 g/mol. The Morgan fingerprint density at radius 1 is 1.36 bits per heavy atom. The van der Waals surface area contributed by atoms with E-state index in [0.29, 0.717) is 13.1 Å². The molecule has 3 rings (SSSR count). The van der Waals surface area contributed by atoms with Crippen LogP contribution in [0.15, 0.2) is 24.5 Å². The molecule has 1 aliphatic heterocycles. The van der Waals surface area contributed by atoms with Crippen LogP contribution in [0.4, 0.5) is 0 Å². The smallest absolute Gasteiger partial charge is 0.245 e. The fourth-order valence-corrected chi connectivity index (χ4v) is 3.67. The van der Waals surface area contributed by atoms with Gasteiger partial charge in [0.1, 0.15) is 6.04 Å². The van der Waals surface area contributed by atoms with Crippen molar-refractivity contribution in [3.63, 3.8) is 0 Å². The third-order valence-electron chi connectivity index (χ3n) is 5.05. The number of aromatic nitrogens is 1. The molecule has 2 atom stereocenters. The van der Waals surface area contributed by atoms with Crippen molar-refractivity contribution in [3.8, 4) is 0 Å². The molecule has 1 saturated carbocycles. The second-order valence-corrected chi connectivity index (χ2v) is 6.75. The standard InChI is InChI=1S/C18H26N4O2.ClH/c1-13(21-17(23)14-5-2-3-6-14)18(24)22-10-9-20-12-16(22)15-7-4-8-19-11-15;/h4,7-8,11,13-14,16,20H,2-3,5-6,9-10,12H2,1H3,(H,21,23);1H. The summed E-state index contributed by atoms with van der Waals surface area (Å²) < 4.78 is 0. The molecule has 0 bridgehead atoms. The van der Waals surface area contributed by atoms with E-state index in [1.807, 2.05) is 17.0 Å². The molecular weight excluding hydrogens is 340 g/mol. The molecule has 2 amide bonds. The zero-order valence-corrected chi connectivity index (χ0v) is 15.4. The summed E-state index contributed by atoms with van der Waals surface area (Å²) in [5, 5.41) is 6.26. The summed E-state index contributed by atoms with van der Waals surface area (Å²) in [4.78, 5) is 31.2. The summed E-state index contributed by atoms with van der Waals surface area (Å²) in [6.07, 6.45) is 7.65. The second-order valence-electron chi connectivity index (χ2n) is 6.75. The molecule has 2 N–H and O–H groups in total. The van der Waals surface area contributed by atoms with Gasteiger partial charge in [-0.25, -0.2) is 0 Å². The number of hydrogen-bond acceptors (Lipinski definition) is 4. The first-order chi connectivity index (χ1) is 11.7. The number of carbonyl (C=O) groups is 2. The predicted octanol–water partition coefficient (Wildman–Crippen LogP) is 1.67. The highest BCUT2D eigenvalue weighted by Gasteiger charge is 2.32. The van der Waals surface area contributed by atoms with Gasteiger partial charge in [-0.2, -0.15) is 0 Å². The van der Waals surface area contributed by atoms with Crippen molar-refractivity contribution in [2.45, 2.75) is 44.7 Å². The lowest BCUT2D eigenvalue weighted by Crippen LogP contribution is -2.55. The Kier molecular flexibility index (Phi) is 7.20. The van der Waals surface area contributed by atoms with Crippen LogP contribution in [0.1, 0.15) is 44.2 Å². The molecule has 1 aliphatic carbocycles. The molecule has 2 fully saturated rings. The first-order valence-electron chi connectivity index (χ1n) is 8.88. The number of nitrogens with one attached hydrogen (secondary N) is 2. The first-order valence-corrected chi connectivity index (χ1v) is 8.88. The summed E-state index contributed by atoms with van der Waals surface area (Å²) in [6, 6.07) is 3.35. The first kappa shape index (κ1) is 19.7. The molecule has 7 heteroatoms. The van der Waals surface area contributed by atoms with Crippen LogP contribution in [0.3, 0.4) is 0 Å². The average Bonchev–Trinajstić information content (AvgIpc) is 3.16. The summed E-state index contributed by atoms with van der Waals surface area (Å²) in [5.41, 5.74) is 1.02. The maximum atomic E-state index is 12.9. The second kappa shape index (κ2) is 9.15. The van der Waals surface area contributed by atoms with Crippen molar-refractivity contribution in [2.75, 3.05) is 19.6 Å². The van der Waals surface area contributed by atoms with Gasteiger partial charge in [0.15, 0.2) is 0 Å². The highest BCUT2D eigenvalue weighted by atomic mass is 35.5. The van der Waals surface area contributed by atoms with Crippen molar-refractivity contribution in [2.24, 2.45) is 5.92 Å². The number of halogens is 1. The van der Waals surface area contributed by atoms with Gasteiger partial charge in [0.2, 0.25) is 11.8 Å². The third kappa shape index (κ3) is 4.70. The summed E-state index contributed by atoms with van der Waals surface area (Å²) >= 11 is 0. The average molecular weight is 367 g/mol. The molecule has 0 spiro atoms. The van der Waals surface area contributed by atoms with Gasteiger partial charge in [0, 0.05) is 37.9 Å². The van der Waals surface area contributed by atoms with E-state index < -0.39 is 6.04 Å². The van der Waals surface area contributed by atoms with E-state index in [1.165, 1.54) is 0 Å². The fourth-order valence-electron chi connectivity index (χ4n) is 3.67. The Hall–Kier alpha value is -1.66. The molecular formula is C18H27ClN4O2. The number of carbonyl (C=O) groups excluding carboxylic acids is 2. The minimum Gasteiger partial charge on any atom is -0.344 e. The maximum absolute atomic E-state index is 12.9. The van der Waals surface area contributed by atoms with Crippen LogP contribution in [0.2, 0.25) is 0 Å². The topological polar surface area (TPSA) is 74.3 Å². The molecule has 2 aliphatic rings. The normalized spacial score (nSPS) is 22.1.